The molecule has 1 rings (SSSR count). The Kier molecular flexibility index (Phi) is 5.36. The highest BCUT2D eigenvalue weighted by molar-refractivity contribution is 5.80. The van der Waals surface area contributed by atoms with Crippen molar-refractivity contribution in [1.29, 1.82) is 0 Å². The molecule has 100 valence electrons. The fourth-order valence-electron chi connectivity index (χ4n) is 2.09. The van der Waals surface area contributed by atoms with E-state index >= 15 is 0 Å². The van der Waals surface area contributed by atoms with Gasteiger partial charge in [-0.25, -0.2) is 0 Å². The molecule has 1 aliphatic rings. The highest BCUT2D eigenvalue weighted by Gasteiger charge is 2.27. The van der Waals surface area contributed by atoms with Gasteiger partial charge in [0.1, 0.15) is 0 Å². The lowest BCUT2D eigenvalue weighted by molar-refractivity contribution is -0.122. The normalized spacial score (nSPS) is 28.3. The molecule has 0 saturated carbocycles. The molecule has 0 radical (unpaired) electrons. The van der Waals surface area contributed by atoms with E-state index in [0.29, 0.717) is 19.2 Å². The molecule has 1 aliphatic heterocycles. The van der Waals surface area contributed by atoms with Crippen LogP contribution in [0.25, 0.3) is 0 Å². The molecule has 3 unspecified atom stereocenters. The molecule has 5 heteroatoms. The molecular formula is C12H25N3O2. The molecule has 17 heavy (non-hydrogen) atoms. The van der Waals surface area contributed by atoms with Crippen LogP contribution in [-0.4, -0.2) is 54.7 Å². The predicted molar refractivity (Wildman–Crippen MR) is 67.7 cm³/mol. The highest BCUT2D eigenvalue weighted by atomic mass is 16.5. The first-order chi connectivity index (χ1) is 7.90. The molecule has 5 nitrogen and oxygen atoms in total. The van der Waals surface area contributed by atoms with E-state index in [1.165, 1.54) is 0 Å². The summed E-state index contributed by atoms with van der Waals surface area (Å²) in [5.41, 5.74) is 5.42. The molecule has 1 heterocycles. The van der Waals surface area contributed by atoms with Crippen LogP contribution in [0.2, 0.25) is 0 Å². The Labute approximate surface area is 104 Å². The predicted octanol–water partition coefficient (Wildman–Crippen LogP) is -0.0525. The molecule has 3 N–H and O–H groups in total. The summed E-state index contributed by atoms with van der Waals surface area (Å²) in [5.74, 6) is -0.287. The van der Waals surface area contributed by atoms with Gasteiger partial charge in [-0.3, -0.25) is 9.69 Å². The maximum Gasteiger partial charge on any atom is 0.235 e. The van der Waals surface area contributed by atoms with Crippen LogP contribution in [0.4, 0.5) is 0 Å². The van der Waals surface area contributed by atoms with Crippen molar-refractivity contribution >= 4 is 5.91 Å². The Balaban J connectivity index is 2.55. The van der Waals surface area contributed by atoms with Gasteiger partial charge in [0, 0.05) is 25.2 Å². The summed E-state index contributed by atoms with van der Waals surface area (Å²) in [6, 6.07) is 0.297. The van der Waals surface area contributed by atoms with E-state index in [4.69, 9.17) is 10.5 Å². The standard InChI is InChI=1S/C12H25N3O2/c1-8(2)14-11(12(13)16)6-15-5-10(4)17-7-9(15)3/h8-11,14H,5-7H2,1-4H3,(H2,13,16). The van der Waals surface area contributed by atoms with E-state index in [1.54, 1.807) is 0 Å². The molecule has 0 aliphatic carbocycles. The SMILES string of the molecule is CC(C)NC(CN1CC(C)OCC1C)C(N)=O. The van der Waals surface area contributed by atoms with E-state index in [9.17, 15) is 4.79 Å². The van der Waals surface area contributed by atoms with Gasteiger partial charge in [-0.05, 0) is 13.8 Å². The fourth-order valence-corrected chi connectivity index (χ4v) is 2.09. The van der Waals surface area contributed by atoms with Crippen LogP contribution >= 0.6 is 0 Å². The quantitative estimate of drug-likeness (QED) is 0.710. The number of primary amides is 1. The largest absolute Gasteiger partial charge is 0.376 e. The number of carbonyl (C=O) groups is 1. The van der Waals surface area contributed by atoms with Crippen molar-refractivity contribution in [2.24, 2.45) is 5.73 Å². The second-order valence-corrected chi connectivity index (χ2v) is 5.22. The van der Waals surface area contributed by atoms with Gasteiger partial charge in [0.25, 0.3) is 0 Å². The Morgan fingerprint density at radius 3 is 2.71 bits per heavy atom. The van der Waals surface area contributed by atoms with Gasteiger partial charge in [-0.1, -0.05) is 13.8 Å². The lowest BCUT2D eigenvalue weighted by atomic mass is 10.1. The second kappa shape index (κ2) is 6.33. The van der Waals surface area contributed by atoms with Gasteiger partial charge >= 0.3 is 0 Å². The van der Waals surface area contributed by atoms with Crippen molar-refractivity contribution in [3.63, 3.8) is 0 Å². The number of nitrogens with one attached hydrogen (secondary N) is 1. The maximum atomic E-state index is 11.4. The van der Waals surface area contributed by atoms with Gasteiger partial charge in [-0.15, -0.1) is 0 Å². The molecule has 3 atom stereocenters. The second-order valence-electron chi connectivity index (χ2n) is 5.22. The molecule has 0 spiro atoms. The Morgan fingerprint density at radius 1 is 1.53 bits per heavy atom. The Bertz CT molecular complexity index is 258. The lowest BCUT2D eigenvalue weighted by Gasteiger charge is -2.38. The number of carbonyl (C=O) groups excluding carboxylic acids is 1. The average molecular weight is 243 g/mol. The summed E-state index contributed by atoms with van der Waals surface area (Å²) in [6.45, 7) is 10.4. The molecule has 1 fully saturated rings. The van der Waals surface area contributed by atoms with Crippen LogP contribution in [-0.2, 0) is 9.53 Å². The average Bonchev–Trinajstić information content (AvgIpc) is 2.21. The fraction of sp³-hybridized carbons (Fsp3) is 0.917. The summed E-state index contributed by atoms with van der Waals surface area (Å²) in [7, 11) is 0. The number of morpholine rings is 1. The van der Waals surface area contributed by atoms with Crippen LogP contribution in [0.1, 0.15) is 27.7 Å². The first-order valence-corrected chi connectivity index (χ1v) is 6.31. The monoisotopic (exact) mass is 243 g/mol. The molecule has 0 aromatic carbocycles. The van der Waals surface area contributed by atoms with Gasteiger partial charge < -0.3 is 15.8 Å². The molecule has 1 saturated heterocycles. The van der Waals surface area contributed by atoms with E-state index in [1.807, 2.05) is 20.8 Å². The minimum atomic E-state index is -0.289. The van der Waals surface area contributed by atoms with E-state index in [-0.39, 0.29) is 24.1 Å². The third-order valence-corrected chi connectivity index (χ3v) is 3.03. The third-order valence-electron chi connectivity index (χ3n) is 3.03. The van der Waals surface area contributed by atoms with Crippen molar-refractivity contribution in [2.45, 2.75) is 51.9 Å². The lowest BCUT2D eigenvalue weighted by Crippen LogP contribution is -2.56. The van der Waals surface area contributed by atoms with E-state index < -0.39 is 0 Å². The summed E-state index contributed by atoms with van der Waals surface area (Å²) in [5, 5.41) is 3.20. The smallest absolute Gasteiger partial charge is 0.235 e. The summed E-state index contributed by atoms with van der Waals surface area (Å²) in [4.78, 5) is 13.7. The van der Waals surface area contributed by atoms with Crippen LogP contribution < -0.4 is 11.1 Å². The van der Waals surface area contributed by atoms with Crippen LogP contribution in [0.3, 0.4) is 0 Å². The molecule has 0 aromatic heterocycles. The number of nitrogens with two attached hydrogens (primary N) is 1. The van der Waals surface area contributed by atoms with Crippen molar-refractivity contribution < 1.29 is 9.53 Å². The summed E-state index contributed by atoms with van der Waals surface area (Å²) in [6.07, 6.45) is 0.221. The zero-order valence-corrected chi connectivity index (χ0v) is 11.3. The Morgan fingerprint density at radius 2 is 2.18 bits per heavy atom. The van der Waals surface area contributed by atoms with Crippen molar-refractivity contribution in [3.8, 4) is 0 Å². The third kappa shape index (κ3) is 4.61. The topological polar surface area (TPSA) is 67.6 Å². The maximum absolute atomic E-state index is 11.4. The van der Waals surface area contributed by atoms with Crippen LogP contribution in [0, 0.1) is 0 Å². The van der Waals surface area contributed by atoms with Crippen LogP contribution in [0.5, 0.6) is 0 Å². The molecule has 1 amide bonds. The molecule has 0 bridgehead atoms. The van der Waals surface area contributed by atoms with Crippen molar-refractivity contribution in [3.05, 3.63) is 0 Å². The number of hydrogen-bond donors (Lipinski definition) is 2. The van der Waals surface area contributed by atoms with E-state index in [2.05, 4.69) is 17.1 Å². The van der Waals surface area contributed by atoms with Crippen molar-refractivity contribution in [1.82, 2.24) is 10.2 Å². The first-order valence-electron chi connectivity index (χ1n) is 6.31. The first kappa shape index (κ1) is 14.4. The highest BCUT2D eigenvalue weighted by Crippen LogP contribution is 2.11. The minimum Gasteiger partial charge on any atom is -0.376 e. The number of ether oxygens (including phenoxy) is 1. The minimum absolute atomic E-state index is 0.221. The van der Waals surface area contributed by atoms with Gasteiger partial charge in [0.15, 0.2) is 0 Å². The van der Waals surface area contributed by atoms with E-state index in [0.717, 1.165) is 6.54 Å². The zero-order chi connectivity index (χ0) is 13.0. The number of rotatable bonds is 5. The molecular weight excluding hydrogens is 218 g/mol. The number of nitrogens with zero attached hydrogens (tertiary/aromatic N) is 1. The Hall–Kier alpha value is -0.650. The zero-order valence-electron chi connectivity index (χ0n) is 11.3. The number of hydrogen-bond acceptors (Lipinski definition) is 4. The van der Waals surface area contributed by atoms with Gasteiger partial charge in [0.05, 0.1) is 18.8 Å². The van der Waals surface area contributed by atoms with Crippen LogP contribution in [0.15, 0.2) is 0 Å². The molecule has 0 aromatic rings. The van der Waals surface area contributed by atoms with Gasteiger partial charge in [-0.2, -0.15) is 0 Å². The summed E-state index contributed by atoms with van der Waals surface area (Å²) < 4.78 is 5.57. The summed E-state index contributed by atoms with van der Waals surface area (Å²) >= 11 is 0. The van der Waals surface area contributed by atoms with Crippen molar-refractivity contribution in [2.75, 3.05) is 19.7 Å². The van der Waals surface area contributed by atoms with Gasteiger partial charge in [0.2, 0.25) is 5.91 Å². The number of amides is 1.